The Hall–Kier alpha value is -1.36. The minimum Gasteiger partial charge on any atom is -0.337 e. The lowest BCUT2D eigenvalue weighted by atomic mass is 10.1. The van der Waals surface area contributed by atoms with Gasteiger partial charge in [-0.3, -0.25) is 4.79 Å². The van der Waals surface area contributed by atoms with Gasteiger partial charge >= 0.3 is 0 Å². The van der Waals surface area contributed by atoms with E-state index in [2.05, 4.69) is 47.1 Å². The minimum absolute atomic E-state index is 0. The number of hydrogen-bond donors (Lipinski definition) is 1. The second-order valence-corrected chi connectivity index (χ2v) is 6.80. The molecule has 1 N–H and O–H groups in total. The van der Waals surface area contributed by atoms with E-state index in [0.717, 1.165) is 39.0 Å². The Morgan fingerprint density at radius 2 is 2.04 bits per heavy atom. The lowest BCUT2D eigenvalue weighted by Crippen LogP contribution is -2.37. The van der Waals surface area contributed by atoms with Crippen molar-refractivity contribution in [1.82, 2.24) is 10.2 Å². The van der Waals surface area contributed by atoms with Gasteiger partial charge in [-0.05, 0) is 36.4 Å². The van der Waals surface area contributed by atoms with Crippen LogP contribution in [0.1, 0.15) is 16.9 Å². The summed E-state index contributed by atoms with van der Waals surface area (Å²) in [5.41, 5.74) is 1.29. The van der Waals surface area contributed by atoms with Crippen LogP contribution in [0.5, 0.6) is 0 Å². The lowest BCUT2D eigenvalue weighted by molar-refractivity contribution is -0.135. The molecule has 3 nitrogen and oxygen atoms in total. The zero-order valence-electron chi connectivity index (χ0n) is 13.1. The van der Waals surface area contributed by atoms with Crippen molar-refractivity contribution in [2.24, 2.45) is 5.92 Å². The Labute approximate surface area is 148 Å². The summed E-state index contributed by atoms with van der Waals surface area (Å²) < 4.78 is 0. The molecule has 2 heterocycles. The van der Waals surface area contributed by atoms with Crippen molar-refractivity contribution in [3.63, 3.8) is 0 Å². The van der Waals surface area contributed by atoms with Crippen LogP contribution >= 0.6 is 23.7 Å². The second-order valence-electron chi connectivity index (χ2n) is 5.76. The van der Waals surface area contributed by atoms with Crippen molar-refractivity contribution in [2.75, 3.05) is 19.6 Å². The van der Waals surface area contributed by atoms with Gasteiger partial charge in [-0.25, -0.2) is 0 Å². The molecular formula is C18H23ClN2OS. The summed E-state index contributed by atoms with van der Waals surface area (Å²) in [5.74, 6) is 0.449. The van der Waals surface area contributed by atoms with Gasteiger partial charge in [-0.15, -0.1) is 23.7 Å². The Bertz CT molecular complexity index is 582. The summed E-state index contributed by atoms with van der Waals surface area (Å²) >= 11 is 1.72. The molecule has 3 rings (SSSR count). The normalized spacial score (nSPS) is 16.8. The molecule has 1 amide bonds. The number of halogens is 1. The molecule has 5 heteroatoms. The molecular weight excluding hydrogens is 328 g/mol. The van der Waals surface area contributed by atoms with Crippen LogP contribution in [-0.4, -0.2) is 30.4 Å². The number of hydrogen-bond acceptors (Lipinski definition) is 3. The molecule has 2 aromatic rings. The van der Waals surface area contributed by atoms with Crippen LogP contribution in [0, 0.1) is 5.92 Å². The van der Waals surface area contributed by atoms with Crippen molar-refractivity contribution in [3.8, 4) is 0 Å². The highest BCUT2D eigenvalue weighted by atomic mass is 35.5. The van der Waals surface area contributed by atoms with Crippen LogP contribution in [0.25, 0.3) is 0 Å². The van der Waals surface area contributed by atoms with E-state index in [9.17, 15) is 4.79 Å². The van der Waals surface area contributed by atoms with Crippen LogP contribution in [0.3, 0.4) is 0 Å². The zero-order chi connectivity index (χ0) is 15.2. The van der Waals surface area contributed by atoms with Gasteiger partial charge in [0.25, 0.3) is 0 Å². The van der Waals surface area contributed by atoms with Crippen LogP contribution in [0.15, 0.2) is 47.8 Å². The number of benzene rings is 1. The third-order valence-electron chi connectivity index (χ3n) is 4.16. The SMILES string of the molecule is Cl.O=C(C1CCNC1)N(CCc1ccccc1)Cc1cccs1. The molecule has 1 unspecified atom stereocenters. The van der Waals surface area contributed by atoms with E-state index in [0.29, 0.717) is 5.91 Å². The third-order valence-corrected chi connectivity index (χ3v) is 5.02. The molecule has 0 bridgehead atoms. The van der Waals surface area contributed by atoms with Gasteiger partial charge in [-0.1, -0.05) is 36.4 Å². The Kier molecular flexibility index (Phi) is 7.09. The summed E-state index contributed by atoms with van der Waals surface area (Å²) in [4.78, 5) is 16.1. The highest BCUT2D eigenvalue weighted by molar-refractivity contribution is 7.09. The Morgan fingerprint density at radius 3 is 2.70 bits per heavy atom. The largest absolute Gasteiger partial charge is 0.337 e. The smallest absolute Gasteiger partial charge is 0.227 e. The van der Waals surface area contributed by atoms with Crippen molar-refractivity contribution in [1.29, 1.82) is 0 Å². The summed E-state index contributed by atoms with van der Waals surface area (Å²) in [6, 6.07) is 14.6. The maximum atomic E-state index is 12.8. The van der Waals surface area contributed by atoms with E-state index < -0.39 is 0 Å². The summed E-state index contributed by atoms with van der Waals surface area (Å²) in [6.07, 6.45) is 1.88. The van der Waals surface area contributed by atoms with Gasteiger partial charge < -0.3 is 10.2 Å². The monoisotopic (exact) mass is 350 g/mol. The third kappa shape index (κ3) is 5.06. The van der Waals surface area contributed by atoms with E-state index in [1.807, 2.05) is 11.0 Å². The maximum Gasteiger partial charge on any atom is 0.227 e. The molecule has 1 aliphatic rings. The number of carbonyl (C=O) groups excluding carboxylic acids is 1. The first-order chi connectivity index (χ1) is 10.8. The predicted octanol–water partition coefficient (Wildman–Crippen LogP) is 3.35. The Morgan fingerprint density at radius 1 is 1.22 bits per heavy atom. The van der Waals surface area contributed by atoms with Gasteiger partial charge in [0.1, 0.15) is 0 Å². The molecule has 1 fully saturated rings. The molecule has 124 valence electrons. The van der Waals surface area contributed by atoms with Crippen molar-refractivity contribution in [2.45, 2.75) is 19.4 Å². The molecule has 0 aliphatic carbocycles. The summed E-state index contributed by atoms with van der Waals surface area (Å²) in [5, 5.41) is 5.37. The molecule has 1 aromatic carbocycles. The van der Waals surface area contributed by atoms with Crippen LogP contribution < -0.4 is 5.32 Å². The molecule has 1 aromatic heterocycles. The molecule has 1 aliphatic heterocycles. The molecule has 23 heavy (non-hydrogen) atoms. The molecule has 1 atom stereocenters. The van der Waals surface area contributed by atoms with Crippen molar-refractivity contribution in [3.05, 3.63) is 58.3 Å². The first-order valence-corrected chi connectivity index (χ1v) is 8.77. The fourth-order valence-corrected chi connectivity index (χ4v) is 3.61. The number of nitrogens with one attached hydrogen (secondary N) is 1. The Balaban J connectivity index is 0.00000192. The summed E-state index contributed by atoms with van der Waals surface area (Å²) in [6.45, 7) is 3.31. The average Bonchev–Trinajstić information content (AvgIpc) is 3.25. The number of carbonyl (C=O) groups is 1. The summed E-state index contributed by atoms with van der Waals surface area (Å²) in [7, 11) is 0. The average molecular weight is 351 g/mol. The van der Waals surface area contributed by atoms with Crippen molar-refractivity contribution < 1.29 is 4.79 Å². The van der Waals surface area contributed by atoms with Crippen LogP contribution in [-0.2, 0) is 17.8 Å². The van der Waals surface area contributed by atoms with Crippen molar-refractivity contribution >= 4 is 29.7 Å². The molecule has 0 spiro atoms. The maximum absolute atomic E-state index is 12.8. The number of amides is 1. The number of nitrogens with zero attached hydrogens (tertiary/aromatic N) is 1. The number of thiophene rings is 1. The predicted molar refractivity (Wildman–Crippen MR) is 98.1 cm³/mol. The standard InChI is InChI=1S/C18H22N2OS.ClH/c21-18(16-8-10-19-13-16)20(14-17-7-4-12-22-17)11-9-15-5-2-1-3-6-15;/h1-7,12,16,19H,8-11,13-14H2;1H. The quantitative estimate of drug-likeness (QED) is 0.866. The van der Waals surface area contributed by atoms with E-state index in [-0.39, 0.29) is 18.3 Å². The number of rotatable bonds is 6. The zero-order valence-corrected chi connectivity index (χ0v) is 14.7. The highest BCUT2D eigenvalue weighted by Gasteiger charge is 2.27. The van der Waals surface area contributed by atoms with Gasteiger partial charge in [0.05, 0.1) is 12.5 Å². The molecule has 1 saturated heterocycles. The van der Waals surface area contributed by atoms with Gasteiger partial charge in [-0.2, -0.15) is 0 Å². The fourth-order valence-electron chi connectivity index (χ4n) is 2.89. The first-order valence-electron chi connectivity index (χ1n) is 7.89. The molecule has 0 radical (unpaired) electrons. The van der Waals surface area contributed by atoms with E-state index in [1.54, 1.807) is 11.3 Å². The van der Waals surface area contributed by atoms with E-state index in [1.165, 1.54) is 10.4 Å². The van der Waals surface area contributed by atoms with Crippen LogP contribution in [0.2, 0.25) is 0 Å². The fraction of sp³-hybridized carbons (Fsp3) is 0.389. The van der Waals surface area contributed by atoms with Gasteiger partial charge in [0, 0.05) is 18.0 Å². The minimum atomic E-state index is 0. The van der Waals surface area contributed by atoms with Gasteiger partial charge in [0.15, 0.2) is 0 Å². The van der Waals surface area contributed by atoms with Crippen LogP contribution in [0.4, 0.5) is 0 Å². The topological polar surface area (TPSA) is 32.3 Å². The highest BCUT2D eigenvalue weighted by Crippen LogP contribution is 2.17. The lowest BCUT2D eigenvalue weighted by Gasteiger charge is -2.25. The second kappa shape index (κ2) is 9.06. The van der Waals surface area contributed by atoms with E-state index >= 15 is 0 Å². The van der Waals surface area contributed by atoms with E-state index in [4.69, 9.17) is 0 Å². The molecule has 0 saturated carbocycles. The first kappa shape index (κ1) is 18.0. The van der Waals surface area contributed by atoms with Gasteiger partial charge in [0.2, 0.25) is 5.91 Å².